The summed E-state index contributed by atoms with van der Waals surface area (Å²) in [5.74, 6) is 0.572. The van der Waals surface area contributed by atoms with Crippen LogP contribution in [-0.2, 0) is 6.54 Å². The molecule has 0 radical (unpaired) electrons. The molecule has 0 saturated heterocycles. The van der Waals surface area contributed by atoms with E-state index in [0.717, 1.165) is 15.9 Å². The minimum Gasteiger partial charge on any atom is -0.366 e. The number of halogens is 1. The molecule has 1 aromatic carbocycles. The van der Waals surface area contributed by atoms with Crippen molar-refractivity contribution >= 4 is 33.3 Å². The Balaban J connectivity index is 1.59. The first kappa shape index (κ1) is 16.1. The zero-order valence-electron chi connectivity index (χ0n) is 12.7. The summed E-state index contributed by atoms with van der Waals surface area (Å²) < 4.78 is 0.865. The maximum absolute atomic E-state index is 12.2. The van der Waals surface area contributed by atoms with Crippen molar-refractivity contribution in [2.45, 2.75) is 6.54 Å². The highest BCUT2D eigenvalue weighted by Crippen LogP contribution is 2.15. The zero-order chi connectivity index (χ0) is 16.8. The number of nitrogens with zero attached hydrogens (tertiary/aromatic N) is 2. The highest BCUT2D eigenvalue weighted by Gasteiger charge is 2.06. The number of hydrogen-bond donors (Lipinski definition) is 2. The second-order valence-corrected chi connectivity index (χ2v) is 6.02. The predicted molar refractivity (Wildman–Crippen MR) is 97.9 cm³/mol. The molecule has 6 heteroatoms. The van der Waals surface area contributed by atoms with Crippen LogP contribution in [0.25, 0.3) is 0 Å². The number of aromatic nitrogens is 2. The van der Waals surface area contributed by atoms with Crippen LogP contribution in [0.15, 0.2) is 71.6 Å². The highest BCUT2D eigenvalue weighted by molar-refractivity contribution is 9.10. The number of carbonyl (C=O) groups is 1. The Hall–Kier alpha value is -2.73. The molecule has 2 aromatic heterocycles. The van der Waals surface area contributed by atoms with E-state index in [1.165, 1.54) is 0 Å². The maximum atomic E-state index is 12.2. The first-order valence-electron chi connectivity index (χ1n) is 7.36. The minimum atomic E-state index is -0.171. The smallest absolute Gasteiger partial charge is 0.255 e. The van der Waals surface area contributed by atoms with Gasteiger partial charge >= 0.3 is 0 Å². The number of benzene rings is 1. The number of hydrogen-bond acceptors (Lipinski definition) is 4. The van der Waals surface area contributed by atoms with Crippen molar-refractivity contribution < 1.29 is 4.79 Å². The molecule has 0 atom stereocenters. The summed E-state index contributed by atoms with van der Waals surface area (Å²) in [7, 11) is 0. The molecule has 2 N–H and O–H groups in total. The largest absolute Gasteiger partial charge is 0.366 e. The quantitative estimate of drug-likeness (QED) is 0.696. The summed E-state index contributed by atoms with van der Waals surface area (Å²) in [5.41, 5.74) is 2.36. The molecular formula is C18H15BrN4O. The molecule has 0 spiro atoms. The van der Waals surface area contributed by atoms with Gasteiger partial charge in [0.1, 0.15) is 5.82 Å². The monoisotopic (exact) mass is 382 g/mol. The fraction of sp³-hybridized carbons (Fsp3) is 0.0556. The molecule has 0 bridgehead atoms. The first-order valence-corrected chi connectivity index (χ1v) is 8.16. The number of nitrogens with one attached hydrogen (secondary N) is 2. The van der Waals surface area contributed by atoms with E-state index in [-0.39, 0.29) is 5.91 Å². The van der Waals surface area contributed by atoms with Crippen LogP contribution in [0, 0.1) is 0 Å². The van der Waals surface area contributed by atoms with Crippen molar-refractivity contribution in [1.82, 2.24) is 9.97 Å². The third kappa shape index (κ3) is 4.39. The van der Waals surface area contributed by atoms with Gasteiger partial charge in [-0.15, -0.1) is 0 Å². The fourth-order valence-electron chi connectivity index (χ4n) is 2.10. The Morgan fingerprint density at radius 3 is 2.62 bits per heavy atom. The van der Waals surface area contributed by atoms with E-state index in [0.29, 0.717) is 17.8 Å². The standard InChI is InChI=1S/C18H15BrN4O/c19-15-3-1-2-14(10-15)18(24)23-16-4-5-17(22-12-16)21-11-13-6-8-20-9-7-13/h1-10,12H,11H2,(H,21,22)(H,23,24). The van der Waals surface area contributed by atoms with Crippen molar-refractivity contribution in [2.75, 3.05) is 10.6 Å². The van der Waals surface area contributed by atoms with E-state index in [1.54, 1.807) is 30.7 Å². The average Bonchev–Trinajstić information content (AvgIpc) is 2.62. The molecule has 0 fully saturated rings. The van der Waals surface area contributed by atoms with Gasteiger partial charge in [0.05, 0.1) is 11.9 Å². The second-order valence-electron chi connectivity index (χ2n) is 5.11. The van der Waals surface area contributed by atoms with Gasteiger partial charge in [0, 0.05) is 29.0 Å². The lowest BCUT2D eigenvalue weighted by Gasteiger charge is -2.08. The molecule has 0 saturated carbocycles. The van der Waals surface area contributed by atoms with Crippen LogP contribution >= 0.6 is 15.9 Å². The number of carbonyl (C=O) groups excluding carboxylic acids is 1. The molecule has 24 heavy (non-hydrogen) atoms. The van der Waals surface area contributed by atoms with Gasteiger partial charge in [-0.1, -0.05) is 22.0 Å². The molecule has 0 aliphatic heterocycles. The van der Waals surface area contributed by atoms with Gasteiger partial charge < -0.3 is 10.6 Å². The molecule has 0 aliphatic carbocycles. The van der Waals surface area contributed by atoms with E-state index in [2.05, 4.69) is 36.5 Å². The van der Waals surface area contributed by atoms with Crippen LogP contribution in [0.3, 0.4) is 0 Å². The molecule has 3 rings (SSSR count). The Kier molecular flexibility index (Phi) is 5.18. The zero-order valence-corrected chi connectivity index (χ0v) is 14.3. The molecule has 2 heterocycles. The van der Waals surface area contributed by atoms with Crippen molar-refractivity contribution in [3.63, 3.8) is 0 Å². The Labute approximate surface area is 148 Å². The normalized spacial score (nSPS) is 10.2. The third-order valence-corrected chi connectivity index (χ3v) is 3.82. The summed E-state index contributed by atoms with van der Waals surface area (Å²) >= 11 is 3.36. The third-order valence-electron chi connectivity index (χ3n) is 3.33. The van der Waals surface area contributed by atoms with Gasteiger partial charge in [0.2, 0.25) is 0 Å². The number of anilines is 2. The lowest BCUT2D eigenvalue weighted by molar-refractivity contribution is 0.102. The van der Waals surface area contributed by atoms with Gasteiger partial charge in [0.25, 0.3) is 5.91 Å². The predicted octanol–water partition coefficient (Wildman–Crippen LogP) is 4.10. The second kappa shape index (κ2) is 7.70. The van der Waals surface area contributed by atoms with Crippen LogP contribution in [0.4, 0.5) is 11.5 Å². The average molecular weight is 383 g/mol. The lowest BCUT2D eigenvalue weighted by Crippen LogP contribution is -2.12. The van der Waals surface area contributed by atoms with E-state index in [4.69, 9.17) is 0 Å². The number of rotatable bonds is 5. The van der Waals surface area contributed by atoms with Crippen LogP contribution in [0.5, 0.6) is 0 Å². The minimum absolute atomic E-state index is 0.171. The summed E-state index contributed by atoms with van der Waals surface area (Å²) in [5, 5.41) is 6.05. The SMILES string of the molecule is O=C(Nc1ccc(NCc2ccncc2)nc1)c1cccc(Br)c1. The van der Waals surface area contributed by atoms with E-state index in [9.17, 15) is 4.79 Å². The van der Waals surface area contributed by atoms with Gasteiger partial charge in [-0.3, -0.25) is 9.78 Å². The van der Waals surface area contributed by atoms with Gasteiger partial charge in [-0.2, -0.15) is 0 Å². The van der Waals surface area contributed by atoms with Crippen molar-refractivity contribution in [3.8, 4) is 0 Å². The highest BCUT2D eigenvalue weighted by atomic mass is 79.9. The summed E-state index contributed by atoms with van der Waals surface area (Å²) in [6.07, 6.45) is 5.14. The van der Waals surface area contributed by atoms with Crippen molar-refractivity contribution in [2.24, 2.45) is 0 Å². The van der Waals surface area contributed by atoms with E-state index < -0.39 is 0 Å². The Bertz CT molecular complexity index is 822. The molecule has 0 aliphatic rings. The topological polar surface area (TPSA) is 66.9 Å². The lowest BCUT2D eigenvalue weighted by atomic mass is 10.2. The van der Waals surface area contributed by atoms with E-state index >= 15 is 0 Å². The molecular weight excluding hydrogens is 368 g/mol. The van der Waals surface area contributed by atoms with Crippen LogP contribution in [-0.4, -0.2) is 15.9 Å². The summed E-state index contributed by atoms with van der Waals surface area (Å²) in [6.45, 7) is 0.666. The Morgan fingerprint density at radius 1 is 1.08 bits per heavy atom. The molecule has 1 amide bonds. The maximum Gasteiger partial charge on any atom is 0.255 e. The molecule has 120 valence electrons. The first-order chi connectivity index (χ1) is 11.7. The summed E-state index contributed by atoms with van der Waals surface area (Å²) in [4.78, 5) is 20.5. The van der Waals surface area contributed by atoms with Crippen LogP contribution in [0.1, 0.15) is 15.9 Å². The van der Waals surface area contributed by atoms with E-state index in [1.807, 2.05) is 36.4 Å². The molecule has 5 nitrogen and oxygen atoms in total. The fourth-order valence-corrected chi connectivity index (χ4v) is 2.50. The number of pyridine rings is 2. The molecule has 0 unspecified atom stereocenters. The van der Waals surface area contributed by atoms with Gasteiger partial charge in [-0.05, 0) is 48.0 Å². The van der Waals surface area contributed by atoms with Gasteiger partial charge in [-0.25, -0.2) is 4.98 Å². The van der Waals surface area contributed by atoms with Crippen LogP contribution < -0.4 is 10.6 Å². The van der Waals surface area contributed by atoms with Crippen molar-refractivity contribution in [3.05, 3.63) is 82.7 Å². The number of amides is 1. The Morgan fingerprint density at radius 2 is 1.92 bits per heavy atom. The van der Waals surface area contributed by atoms with Crippen LogP contribution in [0.2, 0.25) is 0 Å². The van der Waals surface area contributed by atoms with Gasteiger partial charge in [0.15, 0.2) is 0 Å². The molecule has 3 aromatic rings. The van der Waals surface area contributed by atoms with Crippen molar-refractivity contribution in [1.29, 1.82) is 0 Å². The summed E-state index contributed by atoms with van der Waals surface area (Å²) in [6, 6.07) is 14.8.